The molecule has 188 valence electrons. The third kappa shape index (κ3) is 4.47. The van der Waals surface area contributed by atoms with E-state index in [4.69, 9.17) is 9.84 Å². The molecule has 5 rings (SSSR count). The summed E-state index contributed by atoms with van der Waals surface area (Å²) < 4.78 is 9.18. The van der Waals surface area contributed by atoms with Gasteiger partial charge in [0.05, 0.1) is 17.6 Å². The quantitative estimate of drug-likeness (QED) is 0.388. The van der Waals surface area contributed by atoms with Crippen molar-refractivity contribution in [2.24, 2.45) is 0 Å². The highest BCUT2D eigenvalue weighted by Gasteiger charge is 2.28. The van der Waals surface area contributed by atoms with Gasteiger partial charge in [0.15, 0.2) is 5.65 Å². The maximum absolute atomic E-state index is 13.5. The van der Waals surface area contributed by atoms with Crippen molar-refractivity contribution < 1.29 is 9.53 Å². The molecule has 1 aliphatic rings. The average Bonchev–Trinajstić information content (AvgIpc) is 3.21. The van der Waals surface area contributed by atoms with Gasteiger partial charge < -0.3 is 14.2 Å². The minimum Gasteiger partial charge on any atom is -0.444 e. The van der Waals surface area contributed by atoms with Gasteiger partial charge in [-0.15, -0.1) is 0 Å². The number of aryl methyl sites for hydroxylation is 3. The molecule has 1 aromatic carbocycles. The van der Waals surface area contributed by atoms with Crippen LogP contribution < -0.4 is 5.56 Å². The minimum atomic E-state index is -0.517. The lowest BCUT2D eigenvalue weighted by Gasteiger charge is -2.34. The zero-order chi connectivity index (χ0) is 25.8. The Morgan fingerprint density at radius 2 is 1.72 bits per heavy atom. The molecule has 0 atom stereocenters. The van der Waals surface area contributed by atoms with E-state index in [1.54, 1.807) is 4.90 Å². The fourth-order valence-corrected chi connectivity index (χ4v) is 5.00. The number of carbonyl (C=O) groups excluding carboxylic acids is 1. The van der Waals surface area contributed by atoms with Crippen LogP contribution in [0.2, 0.25) is 0 Å². The third-order valence-corrected chi connectivity index (χ3v) is 6.78. The molecule has 0 bridgehead atoms. The molecule has 3 aromatic heterocycles. The Labute approximate surface area is 210 Å². The van der Waals surface area contributed by atoms with Crippen LogP contribution in [0.15, 0.2) is 41.5 Å². The second-order valence-corrected chi connectivity index (χ2v) is 10.8. The average molecular weight is 488 g/mol. The molecule has 4 aromatic rings. The number of piperidine rings is 1. The summed E-state index contributed by atoms with van der Waals surface area (Å²) >= 11 is 0. The van der Waals surface area contributed by atoms with Crippen LogP contribution >= 0.6 is 0 Å². The first kappa shape index (κ1) is 24.0. The molecule has 36 heavy (non-hydrogen) atoms. The van der Waals surface area contributed by atoms with Gasteiger partial charge in [0, 0.05) is 36.3 Å². The van der Waals surface area contributed by atoms with Crippen LogP contribution in [0.25, 0.3) is 27.7 Å². The molecule has 1 saturated heterocycles. The standard InChI is InChI=1S/C28H33N5O3/c1-17-13-24(30-33-16-19(3)29-25(17)33)20-7-8-22-23(14-20)18(2)15-32(26(22)34)21-9-11-31(12-10-21)27(35)36-28(4,5)6/h7-8,13-16,21H,9-12H2,1-6H3. The van der Waals surface area contributed by atoms with Gasteiger partial charge in [-0.3, -0.25) is 4.79 Å². The lowest BCUT2D eigenvalue weighted by molar-refractivity contribution is 0.0187. The van der Waals surface area contributed by atoms with Crippen molar-refractivity contribution in [3.63, 3.8) is 0 Å². The monoisotopic (exact) mass is 487 g/mol. The van der Waals surface area contributed by atoms with E-state index in [0.29, 0.717) is 18.5 Å². The van der Waals surface area contributed by atoms with Crippen LogP contribution in [0.4, 0.5) is 4.79 Å². The lowest BCUT2D eigenvalue weighted by atomic mass is 10.0. The highest BCUT2D eigenvalue weighted by Crippen LogP contribution is 2.28. The van der Waals surface area contributed by atoms with Crippen molar-refractivity contribution in [2.45, 2.75) is 66.0 Å². The van der Waals surface area contributed by atoms with Gasteiger partial charge in [-0.1, -0.05) is 6.07 Å². The number of nitrogens with zero attached hydrogens (tertiary/aromatic N) is 5. The zero-order valence-corrected chi connectivity index (χ0v) is 21.8. The van der Waals surface area contributed by atoms with E-state index in [2.05, 4.69) is 11.1 Å². The van der Waals surface area contributed by atoms with Crippen LogP contribution in [-0.4, -0.2) is 48.8 Å². The van der Waals surface area contributed by atoms with E-state index in [1.807, 2.05) is 81.2 Å². The fraction of sp³-hybridized carbons (Fsp3) is 0.429. The lowest BCUT2D eigenvalue weighted by Crippen LogP contribution is -2.43. The first-order valence-corrected chi connectivity index (χ1v) is 12.5. The van der Waals surface area contributed by atoms with E-state index in [1.165, 1.54) is 0 Å². The Hall–Kier alpha value is -3.68. The Morgan fingerprint density at radius 1 is 1.00 bits per heavy atom. The van der Waals surface area contributed by atoms with E-state index >= 15 is 0 Å². The van der Waals surface area contributed by atoms with Crippen molar-refractivity contribution in [3.05, 3.63) is 63.8 Å². The molecule has 8 heteroatoms. The van der Waals surface area contributed by atoms with Crippen molar-refractivity contribution in [1.82, 2.24) is 24.1 Å². The predicted molar refractivity (Wildman–Crippen MR) is 140 cm³/mol. The second-order valence-electron chi connectivity index (χ2n) is 10.8. The van der Waals surface area contributed by atoms with Crippen LogP contribution in [0.1, 0.15) is 56.5 Å². The number of hydrogen-bond acceptors (Lipinski definition) is 5. The number of fused-ring (bicyclic) bond motifs is 2. The number of rotatable bonds is 2. The zero-order valence-electron chi connectivity index (χ0n) is 21.8. The Bertz CT molecular complexity index is 1540. The minimum absolute atomic E-state index is 0.00249. The number of imidazole rings is 1. The summed E-state index contributed by atoms with van der Waals surface area (Å²) in [6.07, 6.45) is 5.03. The number of benzene rings is 1. The molecule has 0 spiro atoms. The van der Waals surface area contributed by atoms with E-state index in [0.717, 1.165) is 52.0 Å². The molecule has 1 aliphatic heterocycles. The van der Waals surface area contributed by atoms with Gasteiger partial charge in [-0.05, 0) is 89.1 Å². The van der Waals surface area contributed by atoms with Gasteiger partial charge in [-0.2, -0.15) is 5.10 Å². The molecule has 0 aliphatic carbocycles. The fourth-order valence-electron chi connectivity index (χ4n) is 5.00. The molecule has 0 saturated carbocycles. The van der Waals surface area contributed by atoms with Crippen molar-refractivity contribution in [1.29, 1.82) is 0 Å². The van der Waals surface area contributed by atoms with E-state index in [-0.39, 0.29) is 17.7 Å². The maximum Gasteiger partial charge on any atom is 0.410 e. The molecular formula is C28H33N5O3. The van der Waals surface area contributed by atoms with Gasteiger partial charge >= 0.3 is 6.09 Å². The van der Waals surface area contributed by atoms with Crippen LogP contribution in [0.3, 0.4) is 0 Å². The Balaban J connectivity index is 1.43. The third-order valence-electron chi connectivity index (χ3n) is 6.78. The summed E-state index contributed by atoms with van der Waals surface area (Å²) in [7, 11) is 0. The number of hydrogen-bond donors (Lipinski definition) is 0. The van der Waals surface area contributed by atoms with Crippen LogP contribution in [0.5, 0.6) is 0 Å². The highest BCUT2D eigenvalue weighted by atomic mass is 16.6. The molecule has 4 heterocycles. The molecule has 1 amide bonds. The smallest absolute Gasteiger partial charge is 0.410 e. The number of amides is 1. The molecule has 1 fully saturated rings. The molecule has 0 N–H and O–H groups in total. The first-order valence-electron chi connectivity index (χ1n) is 12.5. The largest absolute Gasteiger partial charge is 0.444 e. The van der Waals surface area contributed by atoms with Crippen LogP contribution in [0, 0.1) is 20.8 Å². The Kier molecular flexibility index (Phi) is 5.85. The van der Waals surface area contributed by atoms with Crippen molar-refractivity contribution in [2.75, 3.05) is 13.1 Å². The van der Waals surface area contributed by atoms with E-state index < -0.39 is 5.60 Å². The molecule has 0 unspecified atom stereocenters. The van der Waals surface area contributed by atoms with Crippen molar-refractivity contribution in [3.8, 4) is 11.3 Å². The molecular weight excluding hydrogens is 454 g/mol. The molecule has 0 radical (unpaired) electrons. The number of likely N-dealkylation sites (tertiary alicyclic amines) is 1. The summed E-state index contributed by atoms with van der Waals surface area (Å²) in [5.74, 6) is 0. The number of ether oxygens (including phenoxy) is 1. The predicted octanol–water partition coefficient (Wildman–Crippen LogP) is 5.21. The van der Waals surface area contributed by atoms with E-state index in [9.17, 15) is 9.59 Å². The van der Waals surface area contributed by atoms with Gasteiger partial charge in [0.25, 0.3) is 5.56 Å². The summed E-state index contributed by atoms with van der Waals surface area (Å²) in [5, 5.41) is 6.38. The number of pyridine rings is 1. The highest BCUT2D eigenvalue weighted by molar-refractivity contribution is 5.88. The number of aromatic nitrogens is 4. The topological polar surface area (TPSA) is 81.7 Å². The summed E-state index contributed by atoms with van der Waals surface area (Å²) in [4.78, 5) is 32.2. The SMILES string of the molecule is Cc1cn2nc(-c3ccc4c(=O)n(C5CCN(C(=O)OC(C)(C)C)CC5)cc(C)c4c3)cc(C)c2n1. The summed E-state index contributed by atoms with van der Waals surface area (Å²) in [6, 6.07) is 8.02. The second kappa shape index (κ2) is 8.76. The van der Waals surface area contributed by atoms with Gasteiger partial charge in [-0.25, -0.2) is 14.3 Å². The Morgan fingerprint density at radius 3 is 2.42 bits per heavy atom. The maximum atomic E-state index is 13.5. The molecule has 8 nitrogen and oxygen atoms in total. The number of carbonyl (C=O) groups is 1. The van der Waals surface area contributed by atoms with Crippen molar-refractivity contribution >= 4 is 22.5 Å². The van der Waals surface area contributed by atoms with Gasteiger partial charge in [0.2, 0.25) is 0 Å². The first-order chi connectivity index (χ1) is 17.0. The van der Waals surface area contributed by atoms with Crippen LogP contribution in [-0.2, 0) is 4.74 Å². The van der Waals surface area contributed by atoms with Gasteiger partial charge in [0.1, 0.15) is 5.60 Å². The summed E-state index contributed by atoms with van der Waals surface area (Å²) in [6.45, 7) is 12.8. The summed E-state index contributed by atoms with van der Waals surface area (Å²) in [5.41, 5.74) is 5.17. The normalized spacial score (nSPS) is 15.1.